The maximum atomic E-state index is 12.4. The van der Waals surface area contributed by atoms with Gasteiger partial charge in [0.15, 0.2) is 5.76 Å². The van der Waals surface area contributed by atoms with Gasteiger partial charge in [-0.15, -0.1) is 0 Å². The fraction of sp³-hybridized carbons (Fsp3) is 0.273. The molecule has 144 valence electrons. The van der Waals surface area contributed by atoms with Gasteiger partial charge in [-0.3, -0.25) is 9.59 Å². The molecule has 0 bridgehead atoms. The molecule has 1 N–H and O–H groups in total. The Hall–Kier alpha value is -3.28. The topological polar surface area (TPSA) is 67.5 Å². The standard InChI is InChI=1S/C22H23N3O3/c26-21-6-2-5-15-25(21)16-19-11-12-20(28-19)22(27)23-17-7-9-18(10-8-17)24-13-3-1-4-14-24/h2,5-12,15H,1,3-4,13-14,16H2,(H,23,27). The highest BCUT2D eigenvalue weighted by atomic mass is 16.4. The van der Waals surface area contributed by atoms with Crippen molar-refractivity contribution in [1.82, 2.24) is 4.57 Å². The van der Waals surface area contributed by atoms with Crippen LogP contribution in [0.1, 0.15) is 35.6 Å². The molecule has 1 aromatic carbocycles. The summed E-state index contributed by atoms with van der Waals surface area (Å²) < 4.78 is 7.14. The van der Waals surface area contributed by atoms with Crippen molar-refractivity contribution in [3.8, 4) is 0 Å². The molecule has 6 heteroatoms. The number of hydrogen-bond acceptors (Lipinski definition) is 4. The van der Waals surface area contributed by atoms with Gasteiger partial charge in [-0.25, -0.2) is 0 Å². The van der Waals surface area contributed by atoms with Crippen LogP contribution in [0.25, 0.3) is 0 Å². The molecule has 0 atom stereocenters. The smallest absolute Gasteiger partial charge is 0.291 e. The highest BCUT2D eigenvalue weighted by Crippen LogP contribution is 2.22. The molecule has 1 amide bonds. The summed E-state index contributed by atoms with van der Waals surface area (Å²) in [6, 6.07) is 16.2. The lowest BCUT2D eigenvalue weighted by molar-refractivity contribution is 0.0994. The van der Waals surface area contributed by atoms with Crippen LogP contribution in [0.4, 0.5) is 11.4 Å². The summed E-state index contributed by atoms with van der Waals surface area (Å²) in [6.45, 7) is 2.47. The first kappa shape index (κ1) is 18.1. The minimum atomic E-state index is -0.308. The molecule has 0 radical (unpaired) electrons. The van der Waals surface area contributed by atoms with Gasteiger partial charge >= 0.3 is 0 Å². The number of pyridine rings is 1. The monoisotopic (exact) mass is 377 g/mol. The van der Waals surface area contributed by atoms with Gasteiger partial charge in [0.1, 0.15) is 5.76 Å². The second-order valence-electron chi connectivity index (χ2n) is 6.98. The molecule has 0 spiro atoms. The van der Waals surface area contributed by atoms with Crippen LogP contribution in [-0.2, 0) is 6.54 Å². The van der Waals surface area contributed by atoms with Crippen LogP contribution >= 0.6 is 0 Å². The first-order valence-electron chi connectivity index (χ1n) is 9.59. The molecule has 0 aliphatic carbocycles. The van der Waals surface area contributed by atoms with E-state index in [-0.39, 0.29) is 23.8 Å². The van der Waals surface area contributed by atoms with E-state index in [0.29, 0.717) is 5.76 Å². The quantitative estimate of drug-likeness (QED) is 0.736. The molecule has 28 heavy (non-hydrogen) atoms. The van der Waals surface area contributed by atoms with E-state index in [1.165, 1.54) is 35.6 Å². The molecule has 1 fully saturated rings. The number of nitrogens with one attached hydrogen (secondary N) is 1. The van der Waals surface area contributed by atoms with Crippen LogP contribution < -0.4 is 15.8 Å². The van der Waals surface area contributed by atoms with E-state index < -0.39 is 0 Å². The Balaban J connectivity index is 1.39. The number of piperidine rings is 1. The van der Waals surface area contributed by atoms with Gasteiger partial charge in [-0.05, 0) is 61.7 Å². The number of benzene rings is 1. The molecule has 1 saturated heterocycles. The third-order valence-corrected chi connectivity index (χ3v) is 4.96. The van der Waals surface area contributed by atoms with Crippen LogP contribution in [0.15, 0.2) is 70.0 Å². The van der Waals surface area contributed by atoms with Crippen molar-refractivity contribution < 1.29 is 9.21 Å². The predicted octanol–water partition coefficient (Wildman–Crippen LogP) is 3.73. The Morgan fingerprint density at radius 1 is 0.964 bits per heavy atom. The molecule has 4 rings (SSSR count). The van der Waals surface area contributed by atoms with Crippen molar-refractivity contribution in [2.75, 3.05) is 23.3 Å². The van der Waals surface area contributed by atoms with Gasteiger partial charge in [0.25, 0.3) is 11.5 Å². The number of rotatable bonds is 5. The van der Waals surface area contributed by atoms with Crippen molar-refractivity contribution in [3.63, 3.8) is 0 Å². The zero-order valence-electron chi connectivity index (χ0n) is 15.6. The summed E-state index contributed by atoms with van der Waals surface area (Å²) in [6.07, 6.45) is 5.45. The summed E-state index contributed by atoms with van der Waals surface area (Å²) in [5.41, 5.74) is 1.80. The van der Waals surface area contributed by atoms with Gasteiger partial charge in [-0.2, -0.15) is 0 Å². The third-order valence-electron chi connectivity index (χ3n) is 4.96. The summed E-state index contributed by atoms with van der Waals surface area (Å²) in [7, 11) is 0. The lowest BCUT2D eigenvalue weighted by Gasteiger charge is -2.28. The van der Waals surface area contributed by atoms with Gasteiger partial charge in [0.2, 0.25) is 0 Å². The van der Waals surface area contributed by atoms with E-state index in [4.69, 9.17) is 4.42 Å². The van der Waals surface area contributed by atoms with E-state index in [1.54, 1.807) is 30.5 Å². The highest BCUT2D eigenvalue weighted by molar-refractivity contribution is 6.02. The molecule has 0 saturated carbocycles. The Bertz CT molecular complexity index is 998. The van der Waals surface area contributed by atoms with Crippen molar-refractivity contribution in [1.29, 1.82) is 0 Å². The first-order chi connectivity index (χ1) is 13.7. The van der Waals surface area contributed by atoms with Crippen molar-refractivity contribution >= 4 is 17.3 Å². The van der Waals surface area contributed by atoms with Gasteiger partial charge in [-0.1, -0.05) is 6.07 Å². The summed E-state index contributed by atoms with van der Waals surface area (Å²) >= 11 is 0. The molecular formula is C22H23N3O3. The molecule has 3 aromatic rings. The number of amides is 1. The minimum Gasteiger partial charge on any atom is -0.454 e. The molecule has 2 aromatic heterocycles. The number of nitrogens with zero attached hydrogens (tertiary/aromatic N) is 2. The lowest BCUT2D eigenvalue weighted by Crippen LogP contribution is -2.29. The second kappa shape index (κ2) is 8.17. The fourth-order valence-electron chi connectivity index (χ4n) is 3.44. The highest BCUT2D eigenvalue weighted by Gasteiger charge is 2.14. The third kappa shape index (κ3) is 4.17. The van der Waals surface area contributed by atoms with E-state index in [1.807, 2.05) is 24.3 Å². The number of carbonyl (C=O) groups is 1. The summed E-state index contributed by atoms with van der Waals surface area (Å²) in [4.78, 5) is 26.6. The summed E-state index contributed by atoms with van der Waals surface area (Å²) in [5, 5.41) is 2.86. The average molecular weight is 377 g/mol. The van der Waals surface area contributed by atoms with Crippen LogP contribution in [0.3, 0.4) is 0 Å². The van der Waals surface area contributed by atoms with Crippen LogP contribution in [-0.4, -0.2) is 23.6 Å². The molecule has 3 heterocycles. The van der Waals surface area contributed by atoms with Crippen molar-refractivity contribution in [3.05, 3.63) is 82.7 Å². The van der Waals surface area contributed by atoms with Crippen LogP contribution in [0.5, 0.6) is 0 Å². The number of aromatic nitrogens is 1. The first-order valence-corrected chi connectivity index (χ1v) is 9.59. The Labute approximate surface area is 163 Å². The molecule has 6 nitrogen and oxygen atoms in total. The Morgan fingerprint density at radius 2 is 1.75 bits per heavy atom. The second-order valence-corrected chi connectivity index (χ2v) is 6.98. The zero-order chi connectivity index (χ0) is 19.3. The lowest BCUT2D eigenvalue weighted by atomic mass is 10.1. The van der Waals surface area contributed by atoms with Crippen molar-refractivity contribution in [2.24, 2.45) is 0 Å². The van der Waals surface area contributed by atoms with Crippen LogP contribution in [0.2, 0.25) is 0 Å². The van der Waals surface area contributed by atoms with E-state index in [0.717, 1.165) is 18.8 Å². The Morgan fingerprint density at radius 3 is 2.50 bits per heavy atom. The largest absolute Gasteiger partial charge is 0.454 e. The van der Waals surface area contributed by atoms with E-state index in [2.05, 4.69) is 10.2 Å². The SMILES string of the molecule is O=C(Nc1ccc(N2CCCCC2)cc1)c1ccc(Cn2ccccc2=O)o1. The van der Waals surface area contributed by atoms with Gasteiger partial charge in [0, 0.05) is 36.7 Å². The van der Waals surface area contributed by atoms with E-state index >= 15 is 0 Å². The summed E-state index contributed by atoms with van der Waals surface area (Å²) in [5.74, 6) is 0.468. The molecule has 0 unspecified atom stereocenters. The van der Waals surface area contributed by atoms with Gasteiger partial charge < -0.3 is 19.2 Å². The maximum Gasteiger partial charge on any atom is 0.291 e. The maximum absolute atomic E-state index is 12.4. The molecule has 1 aliphatic rings. The fourth-order valence-corrected chi connectivity index (χ4v) is 3.44. The number of furan rings is 1. The number of anilines is 2. The van der Waals surface area contributed by atoms with Crippen molar-refractivity contribution in [2.45, 2.75) is 25.8 Å². The number of hydrogen-bond donors (Lipinski definition) is 1. The Kier molecular flexibility index (Phi) is 5.28. The zero-order valence-corrected chi connectivity index (χ0v) is 15.6. The van der Waals surface area contributed by atoms with E-state index in [9.17, 15) is 9.59 Å². The number of carbonyl (C=O) groups excluding carboxylic acids is 1. The molecular weight excluding hydrogens is 354 g/mol. The normalized spacial score (nSPS) is 14.1. The predicted molar refractivity (Wildman–Crippen MR) is 109 cm³/mol. The minimum absolute atomic E-state index is 0.112. The molecule has 1 aliphatic heterocycles. The van der Waals surface area contributed by atoms with Gasteiger partial charge in [0.05, 0.1) is 6.54 Å². The van der Waals surface area contributed by atoms with Crippen LogP contribution in [0, 0.1) is 0 Å². The average Bonchev–Trinajstić information content (AvgIpc) is 3.20.